The second-order valence-corrected chi connectivity index (χ2v) is 28.1. The smallest absolute Gasteiger partial charge is 0.305 e. The largest absolute Gasteiger partial charge is 0.466 e. The van der Waals surface area contributed by atoms with Gasteiger partial charge in [-0.25, -0.2) is 0 Å². The number of nitrogens with one attached hydrogen (secondary N) is 1. The van der Waals surface area contributed by atoms with Crippen LogP contribution in [0.25, 0.3) is 0 Å². The van der Waals surface area contributed by atoms with Crippen molar-refractivity contribution in [2.45, 2.75) is 469 Å². The van der Waals surface area contributed by atoms with Crippen LogP contribution >= 0.6 is 0 Å². The Labute approximate surface area is 557 Å². The molecule has 0 aliphatic heterocycles. The van der Waals surface area contributed by atoms with Crippen molar-refractivity contribution in [3.8, 4) is 0 Å². The molecule has 0 bridgehead atoms. The van der Waals surface area contributed by atoms with E-state index >= 15 is 0 Å². The van der Waals surface area contributed by atoms with E-state index in [1.165, 1.54) is 385 Å². The molecular formula is C83H159NO5. The molecule has 0 aromatic rings. The number of aliphatic hydroxyl groups is 2. The van der Waals surface area contributed by atoms with E-state index < -0.39 is 12.1 Å². The van der Waals surface area contributed by atoms with Gasteiger partial charge in [0.05, 0.1) is 25.4 Å². The number of aliphatic hydroxyl groups excluding tert-OH is 2. The van der Waals surface area contributed by atoms with Crippen molar-refractivity contribution >= 4 is 11.9 Å². The second-order valence-electron chi connectivity index (χ2n) is 28.1. The summed E-state index contributed by atoms with van der Waals surface area (Å²) in [5, 5.41) is 23.2. The molecule has 0 aliphatic carbocycles. The van der Waals surface area contributed by atoms with Gasteiger partial charge in [0, 0.05) is 12.8 Å². The highest BCUT2D eigenvalue weighted by Gasteiger charge is 2.18. The lowest BCUT2D eigenvalue weighted by Crippen LogP contribution is -2.45. The summed E-state index contributed by atoms with van der Waals surface area (Å²) in [5.74, 6) is -0.0379. The van der Waals surface area contributed by atoms with Gasteiger partial charge >= 0.3 is 5.97 Å². The maximum atomic E-state index is 12.5. The molecule has 0 radical (unpaired) electrons. The molecule has 2 atom stereocenters. The zero-order valence-electron chi connectivity index (χ0n) is 60.4. The van der Waals surface area contributed by atoms with Gasteiger partial charge in [0.15, 0.2) is 0 Å². The lowest BCUT2D eigenvalue weighted by molar-refractivity contribution is -0.143. The number of ether oxygens (including phenoxy) is 1. The molecule has 2 unspecified atom stereocenters. The van der Waals surface area contributed by atoms with Gasteiger partial charge in [-0.05, 0) is 64.2 Å². The van der Waals surface area contributed by atoms with Crippen molar-refractivity contribution in [1.29, 1.82) is 0 Å². The van der Waals surface area contributed by atoms with E-state index in [4.69, 9.17) is 4.74 Å². The van der Waals surface area contributed by atoms with Gasteiger partial charge in [-0.1, -0.05) is 416 Å². The highest BCUT2D eigenvalue weighted by Crippen LogP contribution is 2.20. The van der Waals surface area contributed by atoms with Crippen molar-refractivity contribution in [2.75, 3.05) is 13.2 Å². The van der Waals surface area contributed by atoms with Crippen LogP contribution in [0.1, 0.15) is 457 Å². The van der Waals surface area contributed by atoms with Gasteiger partial charge in [0.2, 0.25) is 5.91 Å². The molecule has 89 heavy (non-hydrogen) atoms. The molecule has 526 valence electrons. The molecule has 0 aromatic carbocycles. The summed E-state index contributed by atoms with van der Waals surface area (Å²) in [6, 6.07) is -0.626. The third-order valence-electron chi connectivity index (χ3n) is 19.2. The van der Waals surface area contributed by atoms with E-state index in [0.717, 1.165) is 44.9 Å². The van der Waals surface area contributed by atoms with Crippen LogP contribution in [0.15, 0.2) is 36.5 Å². The van der Waals surface area contributed by atoms with Crippen molar-refractivity contribution in [1.82, 2.24) is 5.32 Å². The van der Waals surface area contributed by atoms with Crippen LogP contribution in [-0.2, 0) is 14.3 Å². The highest BCUT2D eigenvalue weighted by molar-refractivity contribution is 5.76. The number of hydrogen-bond acceptors (Lipinski definition) is 5. The van der Waals surface area contributed by atoms with Gasteiger partial charge in [0.25, 0.3) is 0 Å². The fourth-order valence-electron chi connectivity index (χ4n) is 13.0. The average molecular weight is 1250 g/mol. The summed E-state index contributed by atoms with van der Waals surface area (Å²) in [7, 11) is 0. The first-order chi connectivity index (χ1) is 44.0. The van der Waals surface area contributed by atoms with Gasteiger partial charge in [-0.3, -0.25) is 9.59 Å². The summed E-state index contributed by atoms with van der Waals surface area (Å²) < 4.78 is 5.52. The van der Waals surface area contributed by atoms with E-state index in [0.29, 0.717) is 19.4 Å². The lowest BCUT2D eigenvalue weighted by atomic mass is 10.0. The van der Waals surface area contributed by atoms with Crippen LogP contribution in [0.4, 0.5) is 0 Å². The van der Waals surface area contributed by atoms with Crippen LogP contribution in [0.2, 0.25) is 0 Å². The highest BCUT2D eigenvalue weighted by atomic mass is 16.5. The second kappa shape index (κ2) is 78.5. The maximum absolute atomic E-state index is 12.5. The van der Waals surface area contributed by atoms with Crippen molar-refractivity contribution in [3.05, 3.63) is 36.5 Å². The van der Waals surface area contributed by atoms with Crippen molar-refractivity contribution in [3.63, 3.8) is 0 Å². The summed E-state index contributed by atoms with van der Waals surface area (Å²) >= 11 is 0. The van der Waals surface area contributed by atoms with Gasteiger partial charge in [-0.2, -0.15) is 0 Å². The lowest BCUT2D eigenvalue weighted by Gasteiger charge is -2.20. The minimum Gasteiger partial charge on any atom is -0.466 e. The summed E-state index contributed by atoms with van der Waals surface area (Å²) in [4.78, 5) is 24.6. The SMILES string of the molecule is CCCCCCCCCCCCCCCC/C=C/C(O)C(CO)NC(=O)CCCCCCCCCCCCCCCCCCC/C=C\C/C=C\CCCCCCCCCCCCCCCOC(=O)CCCCCCCCCCCCCCCCCCCCC. The molecule has 6 nitrogen and oxygen atoms in total. The third-order valence-corrected chi connectivity index (χ3v) is 19.2. The number of esters is 1. The first-order valence-corrected chi connectivity index (χ1v) is 40.8. The Morgan fingerprint density at radius 1 is 0.315 bits per heavy atom. The van der Waals surface area contributed by atoms with Crippen LogP contribution in [0, 0.1) is 0 Å². The summed E-state index contributed by atoms with van der Waals surface area (Å²) in [5.41, 5.74) is 0. The van der Waals surface area contributed by atoms with Crippen molar-refractivity contribution in [2.24, 2.45) is 0 Å². The molecule has 0 fully saturated rings. The standard InChI is InChI=1S/C83H159NO5/c1-3-5-7-9-11-13-15-17-19-21-41-45-49-53-57-61-65-69-73-77-83(88)89-78-74-70-66-62-58-54-50-46-43-40-38-36-34-32-30-28-26-24-22-23-25-27-29-31-33-35-37-39-42-44-48-52-56-60-64-68-72-76-82(87)84-80(79-85)81(86)75-71-67-63-59-55-51-47-20-18-16-14-12-10-8-6-4-2/h22,24,28,30,71,75,80-81,85-86H,3-21,23,25-27,29,31-70,72-74,76-79H2,1-2H3,(H,84,87)/b24-22-,30-28-,75-71+. The van der Waals surface area contributed by atoms with E-state index in [1.807, 2.05) is 6.08 Å². The van der Waals surface area contributed by atoms with E-state index in [1.54, 1.807) is 6.08 Å². The van der Waals surface area contributed by atoms with Crippen LogP contribution in [0.3, 0.4) is 0 Å². The Hall–Kier alpha value is -1.92. The maximum Gasteiger partial charge on any atom is 0.305 e. The third kappa shape index (κ3) is 75.0. The Morgan fingerprint density at radius 3 is 0.854 bits per heavy atom. The Balaban J connectivity index is 3.35. The normalized spacial score (nSPS) is 12.6. The predicted octanol–water partition coefficient (Wildman–Crippen LogP) is 27.0. The van der Waals surface area contributed by atoms with Gasteiger partial charge in [-0.15, -0.1) is 0 Å². The van der Waals surface area contributed by atoms with E-state index in [9.17, 15) is 19.8 Å². The van der Waals surface area contributed by atoms with Crippen molar-refractivity contribution < 1.29 is 24.5 Å². The monoisotopic (exact) mass is 1250 g/mol. The molecule has 1 amide bonds. The van der Waals surface area contributed by atoms with Crippen LogP contribution < -0.4 is 5.32 Å². The zero-order valence-corrected chi connectivity index (χ0v) is 60.4. The Kier molecular flexibility index (Phi) is 76.8. The Bertz CT molecular complexity index is 1440. The number of amides is 1. The number of rotatable bonds is 77. The molecular weight excluding hydrogens is 1090 g/mol. The molecule has 0 aliphatic rings. The number of carbonyl (C=O) groups is 2. The molecule has 0 heterocycles. The first kappa shape index (κ1) is 87.1. The fourth-order valence-corrected chi connectivity index (χ4v) is 13.0. The average Bonchev–Trinajstić information content (AvgIpc) is 3.55. The van der Waals surface area contributed by atoms with Crippen LogP contribution in [-0.4, -0.2) is 47.4 Å². The topological polar surface area (TPSA) is 95.9 Å². The molecule has 0 aromatic heterocycles. The van der Waals surface area contributed by atoms with E-state index in [-0.39, 0.29) is 18.5 Å². The summed E-state index contributed by atoms with van der Waals surface area (Å²) in [6.07, 6.45) is 103. The minimum absolute atomic E-state index is 0.0242. The number of hydrogen-bond donors (Lipinski definition) is 3. The number of carbonyl (C=O) groups excluding carboxylic acids is 2. The Morgan fingerprint density at radius 2 is 0.562 bits per heavy atom. The van der Waals surface area contributed by atoms with Gasteiger partial charge < -0.3 is 20.3 Å². The first-order valence-electron chi connectivity index (χ1n) is 40.8. The summed E-state index contributed by atoms with van der Waals surface area (Å²) in [6.45, 7) is 4.96. The molecule has 3 N–H and O–H groups in total. The number of unbranched alkanes of at least 4 members (excludes halogenated alkanes) is 62. The molecule has 6 heteroatoms. The predicted molar refractivity (Wildman–Crippen MR) is 393 cm³/mol. The van der Waals surface area contributed by atoms with Crippen LogP contribution in [0.5, 0.6) is 0 Å². The quantitative estimate of drug-likeness (QED) is 0.0320. The van der Waals surface area contributed by atoms with Gasteiger partial charge in [0.1, 0.15) is 0 Å². The zero-order chi connectivity index (χ0) is 64.2. The molecule has 0 saturated heterocycles. The molecule has 0 saturated carbocycles. The van der Waals surface area contributed by atoms with E-state index in [2.05, 4.69) is 43.5 Å². The molecule has 0 spiro atoms. The fraction of sp³-hybridized carbons (Fsp3) is 0.904. The minimum atomic E-state index is -0.843. The molecule has 0 rings (SSSR count). The number of allylic oxidation sites excluding steroid dienone is 5.